The van der Waals surface area contributed by atoms with E-state index in [1.165, 1.54) is 5.57 Å². The maximum Gasteiger partial charge on any atom is 0.0457 e. The second-order valence-corrected chi connectivity index (χ2v) is 11.9. The van der Waals surface area contributed by atoms with E-state index in [2.05, 4.69) is 164 Å². The molecular formula is C46H47N. The number of rotatable bonds is 8. The zero-order valence-electron chi connectivity index (χ0n) is 28.8. The van der Waals surface area contributed by atoms with Crippen molar-refractivity contribution in [3.8, 4) is 0 Å². The third-order valence-electron chi connectivity index (χ3n) is 8.48. The Hall–Kier alpha value is -5.27. The van der Waals surface area contributed by atoms with E-state index in [0.29, 0.717) is 0 Å². The average molecular weight is 614 g/mol. The van der Waals surface area contributed by atoms with Gasteiger partial charge in [0.25, 0.3) is 0 Å². The maximum absolute atomic E-state index is 5.00. The maximum atomic E-state index is 5.00. The van der Waals surface area contributed by atoms with Crippen LogP contribution in [0.2, 0.25) is 0 Å². The molecule has 3 aromatic carbocycles. The van der Waals surface area contributed by atoms with Gasteiger partial charge in [-0.05, 0) is 113 Å². The van der Waals surface area contributed by atoms with Crippen LogP contribution in [0.25, 0.3) is 27.1 Å². The normalized spacial score (nSPS) is 20.7. The van der Waals surface area contributed by atoms with Crippen molar-refractivity contribution in [2.24, 2.45) is 10.9 Å². The summed E-state index contributed by atoms with van der Waals surface area (Å²) in [6, 6.07) is 17.3. The number of hydrogen-bond donors (Lipinski definition) is 0. The molecular weight excluding hydrogens is 567 g/mol. The molecule has 0 fully saturated rings. The quantitative estimate of drug-likeness (QED) is 0.136. The topological polar surface area (TPSA) is 12.4 Å². The van der Waals surface area contributed by atoms with Gasteiger partial charge in [-0.15, -0.1) is 0 Å². The molecule has 0 spiro atoms. The van der Waals surface area contributed by atoms with E-state index < -0.39 is 0 Å². The summed E-state index contributed by atoms with van der Waals surface area (Å²) >= 11 is 0. The Bertz CT molecular complexity index is 1960. The molecule has 0 bridgehead atoms. The second-order valence-electron chi connectivity index (χ2n) is 11.9. The van der Waals surface area contributed by atoms with Crippen LogP contribution < -0.4 is 0 Å². The fourth-order valence-electron chi connectivity index (χ4n) is 5.69. The molecule has 0 N–H and O–H groups in total. The summed E-state index contributed by atoms with van der Waals surface area (Å²) in [7, 11) is 0. The first-order valence-electron chi connectivity index (χ1n) is 16.3. The van der Waals surface area contributed by atoms with Gasteiger partial charge in [-0.1, -0.05) is 148 Å². The first-order valence-corrected chi connectivity index (χ1v) is 16.3. The van der Waals surface area contributed by atoms with Crippen molar-refractivity contribution in [3.05, 3.63) is 198 Å². The molecule has 1 atom stereocenters. The Balaban J connectivity index is 1.95. The van der Waals surface area contributed by atoms with Gasteiger partial charge in [-0.3, -0.25) is 4.99 Å². The Kier molecular flexibility index (Phi) is 12.0. The standard InChI is InChI=1S/C46H47N/c1-10-13-20-34(6)36(8)31-47-37(9)45-41-21-14-16-23-43(41)46(44-24-17-15-22-42(44)45)39(12-3)30-38(11-2)40-25-18-19-32(4)26-27-33(5)28-29-35(40)7/h10-31,33H,3-4,7H2,1-2,5-6,8-9H3/b13-10-,19-18-,27-26-,29-28-,34-20+,36-31+,38-11+,39-30+,40-25+,47-37?. The van der Waals surface area contributed by atoms with Crippen molar-refractivity contribution >= 4 is 32.8 Å². The van der Waals surface area contributed by atoms with Crippen LogP contribution in [0.5, 0.6) is 0 Å². The number of allylic oxidation sites excluding steroid dienone is 20. The fourth-order valence-corrected chi connectivity index (χ4v) is 5.69. The number of nitrogens with zero attached hydrogens (tertiary/aromatic N) is 1. The number of fused-ring (bicyclic) bond motifs is 2. The van der Waals surface area contributed by atoms with E-state index in [-0.39, 0.29) is 5.92 Å². The number of aliphatic imine (C=N–C) groups is 1. The summed E-state index contributed by atoms with van der Waals surface area (Å²) in [5.41, 5.74) is 10.7. The molecule has 1 heteroatoms. The summed E-state index contributed by atoms with van der Waals surface area (Å²) in [4.78, 5) is 5.00. The van der Waals surface area contributed by atoms with Crippen molar-refractivity contribution in [2.45, 2.75) is 41.5 Å². The first kappa shape index (κ1) is 34.6. The second kappa shape index (κ2) is 16.3. The molecule has 0 heterocycles. The lowest BCUT2D eigenvalue weighted by Gasteiger charge is -2.18. The Morgan fingerprint density at radius 3 is 1.94 bits per heavy atom. The van der Waals surface area contributed by atoms with E-state index in [1.54, 1.807) is 0 Å². The van der Waals surface area contributed by atoms with Crippen LogP contribution in [0.3, 0.4) is 0 Å². The van der Waals surface area contributed by atoms with E-state index in [4.69, 9.17) is 4.99 Å². The van der Waals surface area contributed by atoms with Crippen molar-refractivity contribution in [1.82, 2.24) is 0 Å². The first-order chi connectivity index (χ1) is 22.7. The highest BCUT2D eigenvalue weighted by Crippen LogP contribution is 2.39. The summed E-state index contributed by atoms with van der Waals surface area (Å²) in [5.74, 6) is 0.269. The molecule has 236 valence electrons. The van der Waals surface area contributed by atoms with Crippen LogP contribution in [0.15, 0.2) is 192 Å². The van der Waals surface area contributed by atoms with Gasteiger partial charge < -0.3 is 0 Å². The minimum Gasteiger partial charge on any atom is -0.261 e. The third-order valence-corrected chi connectivity index (χ3v) is 8.48. The zero-order chi connectivity index (χ0) is 33.9. The van der Waals surface area contributed by atoms with E-state index in [0.717, 1.165) is 71.8 Å². The van der Waals surface area contributed by atoms with Gasteiger partial charge in [0.15, 0.2) is 0 Å². The SMILES string of the molecule is C=C\C(=C/C(=C\C)C1=C/C=C\C(=C)/C=C\C(C)/C=C\C\1=C)c1c2ccccc2c(C(C)=N/C=C(C)/C(C)=C/C=C\C)c2ccccc12. The number of benzene rings is 3. The van der Waals surface area contributed by atoms with Crippen molar-refractivity contribution in [2.75, 3.05) is 0 Å². The minimum atomic E-state index is 0.269. The van der Waals surface area contributed by atoms with Crippen LogP contribution >= 0.6 is 0 Å². The Morgan fingerprint density at radius 2 is 1.36 bits per heavy atom. The molecule has 47 heavy (non-hydrogen) atoms. The van der Waals surface area contributed by atoms with Gasteiger partial charge in [-0.25, -0.2) is 0 Å². The molecule has 0 amide bonds. The van der Waals surface area contributed by atoms with Crippen LogP contribution in [-0.2, 0) is 0 Å². The average Bonchev–Trinajstić information content (AvgIpc) is 3.11. The molecule has 0 radical (unpaired) electrons. The molecule has 0 saturated carbocycles. The smallest absolute Gasteiger partial charge is 0.0457 e. The molecule has 1 aliphatic rings. The monoisotopic (exact) mass is 613 g/mol. The van der Waals surface area contributed by atoms with Crippen molar-refractivity contribution in [1.29, 1.82) is 0 Å². The molecule has 1 aliphatic carbocycles. The lowest BCUT2D eigenvalue weighted by atomic mass is 9.85. The molecule has 3 aromatic rings. The van der Waals surface area contributed by atoms with E-state index >= 15 is 0 Å². The van der Waals surface area contributed by atoms with Crippen molar-refractivity contribution in [3.63, 3.8) is 0 Å². The minimum absolute atomic E-state index is 0.269. The van der Waals surface area contributed by atoms with Gasteiger partial charge >= 0.3 is 0 Å². The zero-order valence-corrected chi connectivity index (χ0v) is 28.8. The largest absolute Gasteiger partial charge is 0.261 e. The lowest BCUT2D eigenvalue weighted by molar-refractivity contribution is 0.938. The van der Waals surface area contributed by atoms with Crippen LogP contribution in [0.1, 0.15) is 52.7 Å². The Labute approximate surface area is 282 Å². The predicted molar refractivity (Wildman–Crippen MR) is 211 cm³/mol. The fraction of sp³-hybridized carbons (Fsp3) is 0.152. The highest BCUT2D eigenvalue weighted by atomic mass is 14.7. The summed E-state index contributed by atoms with van der Waals surface area (Å²) in [6.45, 7) is 25.5. The summed E-state index contributed by atoms with van der Waals surface area (Å²) in [5, 5.41) is 4.64. The van der Waals surface area contributed by atoms with E-state index in [1.807, 2.05) is 31.4 Å². The number of hydrogen-bond acceptors (Lipinski definition) is 1. The summed E-state index contributed by atoms with van der Waals surface area (Å²) < 4.78 is 0. The molecule has 4 rings (SSSR count). The van der Waals surface area contributed by atoms with Crippen LogP contribution in [0, 0.1) is 5.92 Å². The molecule has 0 saturated heterocycles. The molecule has 0 aromatic heterocycles. The molecule has 1 unspecified atom stereocenters. The molecule has 0 aliphatic heterocycles. The van der Waals surface area contributed by atoms with Crippen molar-refractivity contribution < 1.29 is 0 Å². The van der Waals surface area contributed by atoms with Crippen LogP contribution in [0.4, 0.5) is 0 Å². The van der Waals surface area contributed by atoms with Gasteiger partial charge in [0.2, 0.25) is 0 Å². The Morgan fingerprint density at radius 1 is 0.766 bits per heavy atom. The lowest BCUT2D eigenvalue weighted by Crippen LogP contribution is -2.01. The van der Waals surface area contributed by atoms with Gasteiger partial charge in [0.05, 0.1) is 0 Å². The highest BCUT2D eigenvalue weighted by Gasteiger charge is 2.18. The third kappa shape index (κ3) is 8.31. The predicted octanol–water partition coefficient (Wildman–Crippen LogP) is 13.1. The molecule has 1 nitrogen and oxygen atoms in total. The van der Waals surface area contributed by atoms with E-state index in [9.17, 15) is 0 Å². The van der Waals surface area contributed by atoms with Gasteiger partial charge in [0.1, 0.15) is 0 Å². The van der Waals surface area contributed by atoms with Gasteiger partial charge in [0, 0.05) is 17.5 Å². The van der Waals surface area contributed by atoms with Crippen LogP contribution in [-0.4, -0.2) is 5.71 Å². The highest BCUT2D eigenvalue weighted by molar-refractivity contribution is 6.24. The van der Waals surface area contributed by atoms with Gasteiger partial charge in [-0.2, -0.15) is 0 Å². The summed E-state index contributed by atoms with van der Waals surface area (Å²) in [6.07, 6.45) is 29.3.